The smallest absolute Gasteiger partial charge is 0.104 e. The fourth-order valence-corrected chi connectivity index (χ4v) is 1.79. The van der Waals surface area contributed by atoms with E-state index in [4.69, 9.17) is 9.47 Å². The highest BCUT2D eigenvalue weighted by Crippen LogP contribution is 2.04. The topological polar surface area (TPSA) is 38.7 Å². The molecule has 0 bridgehead atoms. The lowest BCUT2D eigenvalue weighted by molar-refractivity contribution is -0.0502. The Bertz CT molecular complexity index is 300. The van der Waals surface area contributed by atoms with Crippen molar-refractivity contribution in [3.05, 3.63) is 35.9 Å². The molecule has 1 N–H and O–H groups in total. The molecule has 0 saturated carbocycles. The molecule has 0 aliphatic carbocycles. The Morgan fingerprint density at radius 2 is 1.89 bits per heavy atom. The molecular formula is C16H26O3. The summed E-state index contributed by atoms with van der Waals surface area (Å²) in [6.45, 7) is 3.94. The van der Waals surface area contributed by atoms with Gasteiger partial charge in [0.05, 0.1) is 19.8 Å². The van der Waals surface area contributed by atoms with E-state index in [9.17, 15) is 5.11 Å². The van der Waals surface area contributed by atoms with Crippen LogP contribution in [0, 0.1) is 0 Å². The van der Waals surface area contributed by atoms with Crippen LogP contribution in [0.4, 0.5) is 0 Å². The third-order valence-corrected chi connectivity index (χ3v) is 2.98. The van der Waals surface area contributed by atoms with Crippen molar-refractivity contribution in [3.63, 3.8) is 0 Å². The fourth-order valence-electron chi connectivity index (χ4n) is 1.79. The van der Waals surface area contributed by atoms with E-state index in [1.54, 1.807) is 0 Å². The van der Waals surface area contributed by atoms with Crippen LogP contribution < -0.4 is 0 Å². The third-order valence-electron chi connectivity index (χ3n) is 2.98. The highest BCUT2D eigenvalue weighted by molar-refractivity contribution is 5.13. The third kappa shape index (κ3) is 7.98. The van der Waals surface area contributed by atoms with Gasteiger partial charge in [0.1, 0.15) is 6.10 Å². The highest BCUT2D eigenvalue weighted by atomic mass is 16.5. The second-order valence-corrected chi connectivity index (χ2v) is 4.74. The molecule has 0 spiro atoms. The van der Waals surface area contributed by atoms with Gasteiger partial charge in [-0.05, 0) is 12.0 Å². The van der Waals surface area contributed by atoms with Crippen molar-refractivity contribution in [2.24, 2.45) is 0 Å². The molecule has 0 amide bonds. The number of hydrogen-bond donors (Lipinski definition) is 1. The van der Waals surface area contributed by atoms with Gasteiger partial charge in [-0.15, -0.1) is 0 Å². The largest absolute Gasteiger partial charge is 0.394 e. The standard InChI is InChI=1S/C16H26O3/c1-2-3-4-8-11-18-14-16(12-17)19-13-15-9-6-5-7-10-15/h5-7,9-10,16-17H,2-4,8,11-14H2,1H3. The monoisotopic (exact) mass is 266 g/mol. The Kier molecular flexibility index (Phi) is 9.33. The molecule has 1 unspecified atom stereocenters. The van der Waals surface area contributed by atoms with E-state index in [-0.39, 0.29) is 12.7 Å². The van der Waals surface area contributed by atoms with Crippen LogP contribution in [0.5, 0.6) is 0 Å². The SMILES string of the molecule is CCCCCCOCC(CO)OCc1ccccc1. The zero-order valence-corrected chi connectivity index (χ0v) is 11.9. The summed E-state index contributed by atoms with van der Waals surface area (Å²) in [4.78, 5) is 0. The molecule has 0 aromatic heterocycles. The van der Waals surface area contributed by atoms with E-state index in [0.717, 1.165) is 18.6 Å². The molecule has 19 heavy (non-hydrogen) atoms. The van der Waals surface area contributed by atoms with Crippen molar-refractivity contribution in [2.45, 2.75) is 45.3 Å². The Morgan fingerprint density at radius 3 is 2.58 bits per heavy atom. The predicted octanol–water partition coefficient (Wildman–Crippen LogP) is 3.16. The lowest BCUT2D eigenvalue weighted by Crippen LogP contribution is -2.24. The molecule has 1 aromatic rings. The summed E-state index contributed by atoms with van der Waals surface area (Å²) in [5.41, 5.74) is 1.11. The van der Waals surface area contributed by atoms with Gasteiger partial charge in [0, 0.05) is 6.61 Å². The zero-order chi connectivity index (χ0) is 13.8. The van der Waals surface area contributed by atoms with Crippen LogP contribution in [-0.2, 0) is 16.1 Å². The van der Waals surface area contributed by atoms with Gasteiger partial charge >= 0.3 is 0 Å². The van der Waals surface area contributed by atoms with Gasteiger partial charge in [-0.25, -0.2) is 0 Å². The molecule has 1 rings (SSSR count). The van der Waals surface area contributed by atoms with Gasteiger partial charge in [0.25, 0.3) is 0 Å². The maximum absolute atomic E-state index is 9.24. The normalized spacial score (nSPS) is 12.5. The highest BCUT2D eigenvalue weighted by Gasteiger charge is 2.08. The molecule has 0 radical (unpaired) electrons. The molecule has 108 valence electrons. The van der Waals surface area contributed by atoms with Gasteiger partial charge < -0.3 is 14.6 Å². The molecule has 1 aromatic carbocycles. The van der Waals surface area contributed by atoms with E-state index < -0.39 is 0 Å². The molecule has 3 heteroatoms. The number of hydrogen-bond acceptors (Lipinski definition) is 3. The minimum Gasteiger partial charge on any atom is -0.394 e. The summed E-state index contributed by atoms with van der Waals surface area (Å²) in [6.07, 6.45) is 4.57. The number of aliphatic hydroxyl groups excluding tert-OH is 1. The van der Waals surface area contributed by atoms with Crippen molar-refractivity contribution >= 4 is 0 Å². The lowest BCUT2D eigenvalue weighted by atomic mass is 10.2. The van der Waals surface area contributed by atoms with Crippen LogP contribution >= 0.6 is 0 Å². The predicted molar refractivity (Wildman–Crippen MR) is 77.1 cm³/mol. The Morgan fingerprint density at radius 1 is 1.11 bits per heavy atom. The Balaban J connectivity index is 2.09. The number of aliphatic hydroxyl groups is 1. The van der Waals surface area contributed by atoms with Crippen molar-refractivity contribution in [1.29, 1.82) is 0 Å². The minimum absolute atomic E-state index is 0.00178. The molecule has 0 fully saturated rings. The number of unbranched alkanes of at least 4 members (excludes halogenated alkanes) is 3. The van der Waals surface area contributed by atoms with Crippen LogP contribution in [0.3, 0.4) is 0 Å². The molecule has 0 aliphatic rings. The number of rotatable bonds is 11. The first-order chi connectivity index (χ1) is 9.36. The second-order valence-electron chi connectivity index (χ2n) is 4.74. The fraction of sp³-hybridized carbons (Fsp3) is 0.625. The Hall–Kier alpha value is -0.900. The van der Waals surface area contributed by atoms with E-state index in [2.05, 4.69) is 6.92 Å². The van der Waals surface area contributed by atoms with Crippen LogP contribution in [0.2, 0.25) is 0 Å². The maximum atomic E-state index is 9.24. The molecule has 1 atom stereocenters. The van der Waals surface area contributed by atoms with E-state index >= 15 is 0 Å². The molecule has 0 saturated heterocycles. The van der Waals surface area contributed by atoms with Crippen LogP contribution in [-0.4, -0.2) is 31.0 Å². The van der Waals surface area contributed by atoms with Gasteiger partial charge in [-0.3, -0.25) is 0 Å². The molecular weight excluding hydrogens is 240 g/mol. The summed E-state index contributed by atoms with van der Waals surface area (Å²) >= 11 is 0. The molecule has 3 nitrogen and oxygen atoms in total. The lowest BCUT2D eigenvalue weighted by Gasteiger charge is -2.15. The van der Waals surface area contributed by atoms with E-state index in [0.29, 0.717) is 13.2 Å². The van der Waals surface area contributed by atoms with Crippen LogP contribution in [0.1, 0.15) is 38.2 Å². The zero-order valence-electron chi connectivity index (χ0n) is 11.9. The van der Waals surface area contributed by atoms with Crippen molar-refractivity contribution in [2.75, 3.05) is 19.8 Å². The number of benzene rings is 1. The Labute approximate surface area is 116 Å². The van der Waals surface area contributed by atoms with Crippen LogP contribution in [0.25, 0.3) is 0 Å². The molecule has 0 aliphatic heterocycles. The van der Waals surface area contributed by atoms with Gasteiger partial charge in [0.15, 0.2) is 0 Å². The quantitative estimate of drug-likeness (QED) is 0.625. The van der Waals surface area contributed by atoms with E-state index in [1.165, 1.54) is 19.3 Å². The summed E-state index contributed by atoms with van der Waals surface area (Å²) in [7, 11) is 0. The average Bonchev–Trinajstić information content (AvgIpc) is 2.47. The van der Waals surface area contributed by atoms with Gasteiger partial charge in [-0.2, -0.15) is 0 Å². The van der Waals surface area contributed by atoms with Crippen molar-refractivity contribution < 1.29 is 14.6 Å². The van der Waals surface area contributed by atoms with Crippen molar-refractivity contribution in [3.8, 4) is 0 Å². The van der Waals surface area contributed by atoms with Gasteiger partial charge in [0.2, 0.25) is 0 Å². The second kappa shape index (κ2) is 11.0. The maximum Gasteiger partial charge on any atom is 0.104 e. The summed E-state index contributed by atoms with van der Waals surface area (Å²) in [5, 5.41) is 9.24. The molecule has 0 heterocycles. The van der Waals surface area contributed by atoms with Crippen LogP contribution in [0.15, 0.2) is 30.3 Å². The summed E-state index contributed by atoms with van der Waals surface area (Å²) in [6, 6.07) is 9.97. The first-order valence-electron chi connectivity index (χ1n) is 7.21. The van der Waals surface area contributed by atoms with E-state index in [1.807, 2.05) is 30.3 Å². The minimum atomic E-state index is -0.230. The first kappa shape index (κ1) is 16.2. The summed E-state index contributed by atoms with van der Waals surface area (Å²) < 4.78 is 11.2. The summed E-state index contributed by atoms with van der Waals surface area (Å²) in [5.74, 6) is 0. The average molecular weight is 266 g/mol. The van der Waals surface area contributed by atoms with Crippen molar-refractivity contribution in [1.82, 2.24) is 0 Å². The first-order valence-corrected chi connectivity index (χ1v) is 7.21. The number of ether oxygens (including phenoxy) is 2. The van der Waals surface area contributed by atoms with Gasteiger partial charge in [-0.1, -0.05) is 56.5 Å².